The Morgan fingerprint density at radius 1 is 0.778 bits per heavy atom. The maximum Gasteiger partial charge on any atom is 0.251 e. The molecule has 206 valence electrons. The standard InChI is InChI=1S/C32H56N2O2/c1-27(2)23-12-15-32(7)24(30(23,5)14-13-25(27)33)11-10-21-22-20-29(4,26(35)34(8)36-9)17-16-28(22,3)18-19-31(21,32)6/h21-25H,10-20,33H2,1-9H3/t21-,22-,23?,24-,25+,28-,29+,30+,31-,32-/m1/s1. The Morgan fingerprint density at radius 2 is 1.44 bits per heavy atom. The van der Waals surface area contributed by atoms with Gasteiger partial charge < -0.3 is 5.73 Å². The highest BCUT2D eigenvalue weighted by atomic mass is 16.7. The van der Waals surface area contributed by atoms with E-state index in [4.69, 9.17) is 10.6 Å². The van der Waals surface area contributed by atoms with Gasteiger partial charge in [-0.1, -0.05) is 48.5 Å². The quantitative estimate of drug-likeness (QED) is 0.407. The van der Waals surface area contributed by atoms with Crippen LogP contribution in [0.15, 0.2) is 0 Å². The number of nitrogens with two attached hydrogens (primary N) is 1. The lowest BCUT2D eigenvalue weighted by atomic mass is 9.31. The fraction of sp³-hybridized carbons (Fsp3) is 0.969. The average molecular weight is 501 g/mol. The molecular weight excluding hydrogens is 444 g/mol. The van der Waals surface area contributed by atoms with Crippen LogP contribution >= 0.6 is 0 Å². The fourth-order valence-corrected chi connectivity index (χ4v) is 11.8. The Labute approximate surface area is 221 Å². The van der Waals surface area contributed by atoms with E-state index in [0.717, 1.165) is 30.6 Å². The molecule has 0 heterocycles. The summed E-state index contributed by atoms with van der Waals surface area (Å²) in [5, 5.41) is 1.49. The van der Waals surface area contributed by atoms with Crippen LogP contribution in [0.1, 0.15) is 119 Å². The second-order valence-electron chi connectivity index (χ2n) is 16.1. The zero-order valence-electron chi connectivity index (χ0n) is 25.0. The lowest BCUT2D eigenvalue weighted by molar-refractivity contribution is -0.246. The first-order chi connectivity index (χ1) is 16.6. The van der Waals surface area contributed by atoms with E-state index >= 15 is 0 Å². The van der Waals surface area contributed by atoms with E-state index in [-0.39, 0.29) is 16.7 Å². The highest BCUT2D eigenvalue weighted by molar-refractivity contribution is 5.81. The fourth-order valence-electron chi connectivity index (χ4n) is 11.8. The number of carbonyl (C=O) groups is 1. The van der Waals surface area contributed by atoms with Crippen LogP contribution in [-0.2, 0) is 9.63 Å². The van der Waals surface area contributed by atoms with Crippen molar-refractivity contribution in [2.24, 2.45) is 61.9 Å². The molecule has 0 aromatic carbocycles. The van der Waals surface area contributed by atoms with Gasteiger partial charge in [-0.15, -0.1) is 0 Å². The van der Waals surface area contributed by atoms with Crippen LogP contribution in [0.25, 0.3) is 0 Å². The predicted octanol–water partition coefficient (Wildman–Crippen LogP) is 7.22. The van der Waals surface area contributed by atoms with E-state index < -0.39 is 0 Å². The maximum atomic E-state index is 13.4. The number of hydrogen-bond donors (Lipinski definition) is 1. The van der Waals surface area contributed by atoms with Gasteiger partial charge in [0.15, 0.2) is 0 Å². The third kappa shape index (κ3) is 3.34. The Bertz CT molecular complexity index is 903. The molecule has 1 unspecified atom stereocenters. The van der Waals surface area contributed by atoms with Gasteiger partial charge in [0.05, 0.1) is 7.11 Å². The molecule has 1 amide bonds. The van der Waals surface area contributed by atoms with Crippen LogP contribution in [0.2, 0.25) is 0 Å². The smallest absolute Gasteiger partial charge is 0.251 e. The van der Waals surface area contributed by atoms with Crippen LogP contribution in [-0.4, -0.2) is 31.2 Å². The number of carbonyl (C=O) groups excluding carboxylic acids is 1. The highest BCUT2D eigenvalue weighted by Gasteiger charge is 2.69. The third-order valence-electron chi connectivity index (χ3n) is 14.6. The zero-order chi connectivity index (χ0) is 26.5. The number of hydroxylamine groups is 2. The second kappa shape index (κ2) is 8.20. The molecule has 4 nitrogen and oxygen atoms in total. The predicted molar refractivity (Wildman–Crippen MR) is 147 cm³/mol. The minimum absolute atomic E-state index is 0.174. The summed E-state index contributed by atoms with van der Waals surface area (Å²) in [4.78, 5) is 18.8. The maximum absolute atomic E-state index is 13.4. The molecule has 5 fully saturated rings. The summed E-state index contributed by atoms with van der Waals surface area (Å²) in [5.41, 5.74) is 8.17. The highest BCUT2D eigenvalue weighted by Crippen LogP contribution is 2.76. The van der Waals surface area contributed by atoms with Crippen molar-refractivity contribution in [2.75, 3.05) is 14.2 Å². The number of fused-ring (bicyclic) bond motifs is 7. The Hall–Kier alpha value is -0.610. The number of rotatable bonds is 2. The van der Waals surface area contributed by atoms with E-state index in [1.807, 2.05) is 0 Å². The van der Waals surface area contributed by atoms with E-state index in [1.54, 1.807) is 14.2 Å². The molecule has 5 aliphatic carbocycles. The van der Waals surface area contributed by atoms with Crippen LogP contribution < -0.4 is 5.73 Å². The molecule has 0 bridgehead atoms. The van der Waals surface area contributed by atoms with Crippen molar-refractivity contribution >= 4 is 5.91 Å². The van der Waals surface area contributed by atoms with Crippen molar-refractivity contribution in [3.05, 3.63) is 0 Å². The molecule has 2 N–H and O–H groups in total. The van der Waals surface area contributed by atoms with E-state index in [2.05, 4.69) is 48.5 Å². The first-order valence-corrected chi connectivity index (χ1v) is 15.2. The molecule has 10 atom stereocenters. The Morgan fingerprint density at radius 3 is 2.11 bits per heavy atom. The largest absolute Gasteiger partial charge is 0.327 e. The topological polar surface area (TPSA) is 55.6 Å². The van der Waals surface area contributed by atoms with Gasteiger partial charge in [0.2, 0.25) is 0 Å². The Balaban J connectivity index is 1.49. The minimum Gasteiger partial charge on any atom is -0.327 e. The zero-order valence-corrected chi connectivity index (χ0v) is 25.0. The van der Waals surface area contributed by atoms with Crippen molar-refractivity contribution in [1.29, 1.82) is 0 Å². The van der Waals surface area contributed by atoms with Crippen molar-refractivity contribution in [2.45, 2.75) is 125 Å². The normalized spacial score (nSPS) is 53.9. The lowest BCUT2D eigenvalue weighted by Crippen LogP contribution is -2.67. The monoisotopic (exact) mass is 500 g/mol. The van der Waals surface area contributed by atoms with Gasteiger partial charge in [-0.25, -0.2) is 5.06 Å². The molecular formula is C32H56N2O2. The summed E-state index contributed by atoms with van der Waals surface area (Å²) < 4.78 is 0. The number of nitrogens with zero attached hydrogens (tertiary/aromatic N) is 1. The molecule has 0 saturated heterocycles. The summed E-state index contributed by atoms with van der Waals surface area (Å²) in [6, 6.07) is 0.338. The SMILES string of the molecule is CON(C)C(=O)[C@@]1(C)CC[C@]2(C)CC[C@]3(C)[C@H](CC[C@@H]4[C@@]5(C)CC[C@H](N)C(C)(C)C5CC[C@]43C)[C@H]2C1. The van der Waals surface area contributed by atoms with Crippen molar-refractivity contribution < 1.29 is 9.63 Å². The second-order valence-corrected chi connectivity index (χ2v) is 16.1. The number of amides is 1. The molecule has 4 heteroatoms. The van der Waals surface area contributed by atoms with E-state index in [9.17, 15) is 4.79 Å². The molecule has 5 saturated carbocycles. The van der Waals surface area contributed by atoms with E-state index in [1.165, 1.54) is 62.9 Å². The Kier molecular flexibility index (Phi) is 6.14. The van der Waals surface area contributed by atoms with Crippen molar-refractivity contribution in [1.82, 2.24) is 5.06 Å². The summed E-state index contributed by atoms with van der Waals surface area (Å²) in [7, 11) is 3.40. The van der Waals surface area contributed by atoms with Gasteiger partial charge in [-0.2, -0.15) is 0 Å². The van der Waals surface area contributed by atoms with Gasteiger partial charge in [0, 0.05) is 18.5 Å². The van der Waals surface area contributed by atoms with Gasteiger partial charge in [-0.05, 0) is 121 Å². The summed E-state index contributed by atoms with van der Waals surface area (Å²) in [5.74, 6) is 3.05. The van der Waals surface area contributed by atoms with Gasteiger partial charge in [0.25, 0.3) is 5.91 Å². The van der Waals surface area contributed by atoms with E-state index in [0.29, 0.717) is 33.6 Å². The minimum atomic E-state index is -0.307. The molecule has 0 aromatic rings. The van der Waals surface area contributed by atoms with Gasteiger partial charge >= 0.3 is 0 Å². The summed E-state index contributed by atoms with van der Waals surface area (Å²) in [6.45, 7) is 17.8. The third-order valence-corrected chi connectivity index (χ3v) is 14.6. The summed E-state index contributed by atoms with van der Waals surface area (Å²) >= 11 is 0. The van der Waals surface area contributed by atoms with Crippen LogP contribution in [0.5, 0.6) is 0 Å². The molecule has 0 spiro atoms. The van der Waals surface area contributed by atoms with Crippen molar-refractivity contribution in [3.63, 3.8) is 0 Å². The average Bonchev–Trinajstić information content (AvgIpc) is 2.82. The molecule has 5 rings (SSSR count). The molecule has 5 aliphatic rings. The van der Waals surface area contributed by atoms with Crippen LogP contribution in [0, 0.1) is 56.2 Å². The van der Waals surface area contributed by atoms with Crippen LogP contribution in [0.4, 0.5) is 0 Å². The van der Waals surface area contributed by atoms with Crippen molar-refractivity contribution in [3.8, 4) is 0 Å². The molecule has 0 aromatic heterocycles. The molecule has 0 aliphatic heterocycles. The number of hydrogen-bond acceptors (Lipinski definition) is 3. The van der Waals surface area contributed by atoms with Gasteiger partial charge in [-0.3, -0.25) is 9.63 Å². The first-order valence-electron chi connectivity index (χ1n) is 15.2. The first kappa shape index (κ1) is 27.0. The lowest BCUT2D eigenvalue weighted by Gasteiger charge is -2.73. The summed E-state index contributed by atoms with van der Waals surface area (Å²) in [6.07, 6.45) is 13.8. The molecule has 0 radical (unpaired) electrons. The molecule has 36 heavy (non-hydrogen) atoms. The van der Waals surface area contributed by atoms with Gasteiger partial charge in [0.1, 0.15) is 0 Å². The van der Waals surface area contributed by atoms with Crippen LogP contribution in [0.3, 0.4) is 0 Å².